The second-order valence-electron chi connectivity index (χ2n) is 4.74. The van der Waals surface area contributed by atoms with Gasteiger partial charge in [-0.1, -0.05) is 19.0 Å². The van der Waals surface area contributed by atoms with Gasteiger partial charge in [-0.05, 0) is 36.6 Å². The van der Waals surface area contributed by atoms with Crippen molar-refractivity contribution in [3.8, 4) is 0 Å². The lowest BCUT2D eigenvalue weighted by Gasteiger charge is -2.21. The van der Waals surface area contributed by atoms with Gasteiger partial charge in [0.2, 0.25) is 0 Å². The molecule has 0 saturated carbocycles. The number of aryl methyl sites for hydroxylation is 1. The first-order valence-corrected chi connectivity index (χ1v) is 5.90. The highest BCUT2D eigenvalue weighted by Gasteiger charge is 2.21. The third-order valence-corrected chi connectivity index (χ3v) is 2.69. The molecule has 0 aliphatic heterocycles. The van der Waals surface area contributed by atoms with E-state index in [9.17, 15) is 9.18 Å². The number of hydrogen-bond acceptors (Lipinski definition) is 3. The van der Waals surface area contributed by atoms with Crippen molar-refractivity contribution in [3.63, 3.8) is 0 Å². The van der Waals surface area contributed by atoms with E-state index in [2.05, 4.69) is 10.5 Å². The van der Waals surface area contributed by atoms with Crippen LogP contribution in [0.1, 0.15) is 29.8 Å². The molecule has 0 spiro atoms. The molecule has 19 heavy (non-hydrogen) atoms. The maximum absolute atomic E-state index is 13.2. The molecule has 104 valence electrons. The van der Waals surface area contributed by atoms with Crippen molar-refractivity contribution in [1.82, 2.24) is 5.32 Å². The van der Waals surface area contributed by atoms with Crippen LogP contribution in [-0.2, 0) is 0 Å². The van der Waals surface area contributed by atoms with E-state index in [1.807, 2.05) is 13.8 Å². The third-order valence-electron chi connectivity index (χ3n) is 2.69. The summed E-state index contributed by atoms with van der Waals surface area (Å²) < 4.78 is 13.2. The summed E-state index contributed by atoms with van der Waals surface area (Å²) in [7, 11) is 0. The van der Waals surface area contributed by atoms with Crippen molar-refractivity contribution in [2.75, 3.05) is 0 Å². The summed E-state index contributed by atoms with van der Waals surface area (Å²) in [4.78, 5) is 12.0. The molecule has 1 aromatic carbocycles. The number of nitrogens with one attached hydrogen (secondary N) is 1. The fraction of sp³-hybridized carbons (Fsp3) is 0.385. The van der Waals surface area contributed by atoms with Crippen LogP contribution in [0.5, 0.6) is 0 Å². The molecule has 0 aromatic heterocycles. The Balaban J connectivity index is 2.94. The van der Waals surface area contributed by atoms with Crippen LogP contribution in [0, 0.1) is 18.7 Å². The number of nitrogens with zero attached hydrogens (tertiary/aromatic N) is 1. The Labute approximate surface area is 111 Å². The lowest BCUT2D eigenvalue weighted by atomic mass is 10.0. The van der Waals surface area contributed by atoms with Crippen LogP contribution in [0.25, 0.3) is 0 Å². The number of rotatable bonds is 4. The molecular formula is C13H18FN3O2. The van der Waals surface area contributed by atoms with Gasteiger partial charge in [0.1, 0.15) is 5.82 Å². The van der Waals surface area contributed by atoms with Crippen molar-refractivity contribution in [2.45, 2.75) is 26.8 Å². The highest BCUT2D eigenvalue weighted by atomic mass is 19.1. The van der Waals surface area contributed by atoms with Crippen molar-refractivity contribution in [1.29, 1.82) is 0 Å². The number of oxime groups is 1. The molecule has 0 saturated heterocycles. The summed E-state index contributed by atoms with van der Waals surface area (Å²) in [5, 5.41) is 14.2. The summed E-state index contributed by atoms with van der Waals surface area (Å²) in [5.41, 5.74) is 6.37. The molecule has 0 heterocycles. The van der Waals surface area contributed by atoms with Gasteiger partial charge in [-0.15, -0.1) is 0 Å². The molecule has 1 atom stereocenters. The van der Waals surface area contributed by atoms with Crippen LogP contribution >= 0.6 is 0 Å². The van der Waals surface area contributed by atoms with Gasteiger partial charge in [0, 0.05) is 5.56 Å². The minimum Gasteiger partial charge on any atom is -0.409 e. The second kappa shape index (κ2) is 6.17. The van der Waals surface area contributed by atoms with Crippen LogP contribution in [0.2, 0.25) is 0 Å². The van der Waals surface area contributed by atoms with E-state index in [1.165, 1.54) is 6.07 Å². The molecule has 1 amide bonds. The highest BCUT2D eigenvalue weighted by molar-refractivity contribution is 5.98. The number of carbonyl (C=O) groups excluding carboxylic acids is 1. The number of amides is 1. The average Bonchev–Trinajstić information content (AvgIpc) is 2.33. The van der Waals surface area contributed by atoms with Gasteiger partial charge < -0.3 is 16.3 Å². The highest BCUT2D eigenvalue weighted by Crippen LogP contribution is 2.10. The third kappa shape index (κ3) is 3.94. The number of benzene rings is 1. The van der Waals surface area contributed by atoms with Gasteiger partial charge >= 0.3 is 0 Å². The Hall–Kier alpha value is -2.11. The van der Waals surface area contributed by atoms with Gasteiger partial charge in [-0.3, -0.25) is 4.79 Å². The van der Waals surface area contributed by atoms with Crippen molar-refractivity contribution in [2.24, 2.45) is 16.8 Å². The molecular weight excluding hydrogens is 249 g/mol. The smallest absolute Gasteiger partial charge is 0.251 e. The molecule has 0 fully saturated rings. The molecule has 1 aromatic rings. The first-order chi connectivity index (χ1) is 8.85. The quantitative estimate of drug-likeness (QED) is 0.335. The Morgan fingerprint density at radius 1 is 1.42 bits per heavy atom. The van der Waals surface area contributed by atoms with Crippen molar-refractivity contribution in [3.05, 3.63) is 35.1 Å². The largest absolute Gasteiger partial charge is 0.409 e. The Morgan fingerprint density at radius 3 is 2.53 bits per heavy atom. The summed E-state index contributed by atoms with van der Waals surface area (Å²) in [5.74, 6) is -1.09. The summed E-state index contributed by atoms with van der Waals surface area (Å²) in [6.45, 7) is 5.34. The predicted molar refractivity (Wildman–Crippen MR) is 70.6 cm³/mol. The van der Waals surface area contributed by atoms with Crippen LogP contribution in [-0.4, -0.2) is 23.0 Å². The van der Waals surface area contributed by atoms with Gasteiger partial charge in [0.05, 0.1) is 6.04 Å². The molecule has 0 radical (unpaired) electrons. The van der Waals surface area contributed by atoms with E-state index >= 15 is 0 Å². The number of halogens is 1. The van der Waals surface area contributed by atoms with E-state index in [0.29, 0.717) is 5.56 Å². The van der Waals surface area contributed by atoms with Crippen molar-refractivity contribution >= 4 is 11.7 Å². The summed E-state index contributed by atoms with van der Waals surface area (Å²) in [6, 6.07) is 3.44. The predicted octanol–water partition coefficient (Wildman–Crippen LogP) is 1.63. The summed E-state index contributed by atoms with van der Waals surface area (Å²) in [6.07, 6.45) is 0. The first-order valence-electron chi connectivity index (χ1n) is 5.90. The molecule has 0 aliphatic rings. The van der Waals surface area contributed by atoms with Crippen LogP contribution in [0.4, 0.5) is 4.39 Å². The van der Waals surface area contributed by atoms with Crippen LogP contribution in [0.3, 0.4) is 0 Å². The standard InChI is InChI=1S/C13H18FN3O2/c1-7(2)11(12(15)17-19)16-13(18)9-4-8(3)5-10(14)6-9/h4-7,11,19H,1-3H3,(H2,15,17)(H,16,18). The van der Waals surface area contributed by atoms with Crippen LogP contribution in [0.15, 0.2) is 23.4 Å². The molecule has 0 bridgehead atoms. The molecule has 6 heteroatoms. The van der Waals surface area contributed by atoms with Crippen molar-refractivity contribution < 1.29 is 14.4 Å². The van der Waals surface area contributed by atoms with E-state index in [4.69, 9.17) is 10.9 Å². The molecule has 0 aliphatic carbocycles. The topological polar surface area (TPSA) is 87.7 Å². The Bertz CT molecular complexity index is 480. The van der Waals surface area contributed by atoms with E-state index in [1.54, 1.807) is 13.0 Å². The first kappa shape index (κ1) is 14.9. The number of nitrogens with two attached hydrogens (primary N) is 1. The lowest BCUT2D eigenvalue weighted by molar-refractivity contribution is 0.0938. The zero-order valence-corrected chi connectivity index (χ0v) is 11.1. The average molecular weight is 267 g/mol. The summed E-state index contributed by atoms with van der Waals surface area (Å²) >= 11 is 0. The number of amidine groups is 1. The van der Waals surface area contributed by atoms with E-state index < -0.39 is 17.8 Å². The maximum Gasteiger partial charge on any atom is 0.251 e. The Kier molecular flexibility index (Phi) is 4.86. The molecule has 1 rings (SSSR count). The zero-order chi connectivity index (χ0) is 14.6. The van der Waals surface area contributed by atoms with Gasteiger partial charge in [-0.25, -0.2) is 4.39 Å². The second-order valence-corrected chi connectivity index (χ2v) is 4.74. The van der Waals surface area contributed by atoms with E-state index in [0.717, 1.165) is 6.07 Å². The monoisotopic (exact) mass is 267 g/mol. The van der Waals surface area contributed by atoms with Gasteiger partial charge in [-0.2, -0.15) is 0 Å². The van der Waals surface area contributed by atoms with Crippen LogP contribution < -0.4 is 11.1 Å². The fourth-order valence-corrected chi connectivity index (χ4v) is 1.74. The number of hydrogen-bond donors (Lipinski definition) is 3. The maximum atomic E-state index is 13.2. The molecule has 1 unspecified atom stereocenters. The van der Waals surface area contributed by atoms with Gasteiger partial charge in [0.15, 0.2) is 5.84 Å². The minimum absolute atomic E-state index is 0.0606. The van der Waals surface area contributed by atoms with E-state index in [-0.39, 0.29) is 17.3 Å². The zero-order valence-electron chi connectivity index (χ0n) is 11.1. The normalized spacial score (nSPS) is 13.4. The Morgan fingerprint density at radius 2 is 2.05 bits per heavy atom. The SMILES string of the molecule is Cc1cc(F)cc(C(=O)NC(/C(N)=N/O)C(C)C)c1. The molecule has 4 N–H and O–H groups in total. The lowest BCUT2D eigenvalue weighted by Crippen LogP contribution is -2.47. The fourth-order valence-electron chi connectivity index (χ4n) is 1.74. The number of carbonyl (C=O) groups is 1. The van der Waals surface area contributed by atoms with Gasteiger partial charge in [0.25, 0.3) is 5.91 Å². The molecule has 5 nitrogen and oxygen atoms in total. The minimum atomic E-state index is -0.610.